The molecule has 0 bridgehead atoms. The number of hydrogen-bond donors (Lipinski definition) is 0. The van der Waals surface area contributed by atoms with Gasteiger partial charge >= 0.3 is 147 Å². The van der Waals surface area contributed by atoms with Crippen LogP contribution in [0.25, 0.3) is 0 Å². The number of rotatable bonds is 3. The molecule has 0 fully saturated rings. The Morgan fingerprint density at radius 1 is 0.522 bits per heavy atom. The van der Waals surface area contributed by atoms with Crippen molar-refractivity contribution in [2.24, 2.45) is 0 Å². The molecule has 0 aliphatic rings. The average molecular weight is 383 g/mol. The Morgan fingerprint density at radius 2 is 0.783 bits per heavy atom. The van der Waals surface area contributed by atoms with Gasteiger partial charge in [-0.05, 0) is 0 Å². The summed E-state index contributed by atoms with van der Waals surface area (Å²) in [5.74, 6) is 0. The van der Waals surface area contributed by atoms with Crippen LogP contribution in [0.3, 0.4) is 0 Å². The zero-order valence-corrected chi connectivity index (χ0v) is 16.4. The first-order valence-corrected chi connectivity index (χ1v) is 11.8. The molecule has 0 aliphatic carbocycles. The predicted octanol–water partition coefficient (Wildman–Crippen LogP) is 3.99. The van der Waals surface area contributed by atoms with Gasteiger partial charge < -0.3 is 0 Å². The molecule has 116 valence electrons. The Balaban J connectivity index is 2.41. The molecule has 2 heteroatoms. The third kappa shape index (κ3) is 2.90. The Hall–Kier alpha value is -1.39. The van der Waals surface area contributed by atoms with E-state index in [-0.39, 0.29) is 0 Å². The van der Waals surface area contributed by atoms with Crippen LogP contribution < -0.4 is 15.9 Å². The first-order chi connectivity index (χ1) is 11.0. The molecule has 3 aromatic rings. The van der Waals surface area contributed by atoms with E-state index in [0.29, 0.717) is 0 Å². The molecule has 0 N–H and O–H groups in total. The van der Waals surface area contributed by atoms with Gasteiger partial charge in [-0.15, -0.1) is 0 Å². The van der Waals surface area contributed by atoms with Gasteiger partial charge in [-0.3, -0.25) is 0 Å². The van der Waals surface area contributed by atoms with E-state index in [2.05, 4.69) is 109 Å². The Morgan fingerprint density at radius 3 is 1.04 bits per heavy atom. The average Bonchev–Trinajstić information content (AvgIpc) is 2.55. The summed E-state index contributed by atoms with van der Waals surface area (Å²) in [5, 5.41) is 4.30. The van der Waals surface area contributed by atoms with Crippen LogP contribution >= 0.6 is 5.51 Å². The molecule has 0 saturated carbocycles. The normalized spacial score (nSPS) is 11.4. The number of aryl methyl sites for hydroxylation is 3. The second-order valence-corrected chi connectivity index (χ2v) is 12.1. The first kappa shape index (κ1) is 16.5. The molecule has 0 radical (unpaired) electrons. The van der Waals surface area contributed by atoms with E-state index < -0.39 is 5.51 Å². The van der Waals surface area contributed by atoms with E-state index in [1.54, 1.807) is 0 Å². The van der Waals surface area contributed by atoms with Gasteiger partial charge in [-0.25, -0.2) is 0 Å². The van der Waals surface area contributed by atoms with Gasteiger partial charge in [-0.2, -0.15) is 0 Å². The molecule has 0 amide bonds. The number of hydrogen-bond acceptors (Lipinski definition) is 0. The van der Waals surface area contributed by atoms with Crippen LogP contribution in [-0.2, 0) is 0 Å². The Kier molecular flexibility index (Phi) is 4.74. The standard InChI is InChI=1S/C21H21PSe/c1-16-10-4-7-13-19(16)22(23,20-14-8-5-11-17(20)2)21-15-9-6-12-18(21)3/h4-15H,1-3H3. The van der Waals surface area contributed by atoms with Crippen molar-refractivity contribution in [2.75, 3.05) is 0 Å². The predicted molar refractivity (Wildman–Crippen MR) is 105 cm³/mol. The summed E-state index contributed by atoms with van der Waals surface area (Å²) in [4.78, 5) is 0. The molecule has 0 heterocycles. The van der Waals surface area contributed by atoms with Crippen LogP contribution in [0, 0.1) is 20.8 Å². The molecule has 0 atom stereocenters. The monoisotopic (exact) mass is 384 g/mol. The first-order valence-electron chi connectivity index (χ1n) is 7.84. The molecule has 0 saturated heterocycles. The molecule has 3 rings (SSSR count). The zero-order valence-electron chi connectivity index (χ0n) is 13.8. The van der Waals surface area contributed by atoms with E-state index in [1.165, 1.54) is 32.6 Å². The third-order valence-electron chi connectivity index (χ3n) is 4.36. The molecule has 0 nitrogen and oxygen atoms in total. The van der Waals surface area contributed by atoms with Crippen molar-refractivity contribution in [2.45, 2.75) is 20.8 Å². The summed E-state index contributed by atoms with van der Waals surface area (Å²) in [6.07, 6.45) is 0. The fourth-order valence-electron chi connectivity index (χ4n) is 3.14. The van der Waals surface area contributed by atoms with Crippen LogP contribution in [0.2, 0.25) is 0 Å². The Labute approximate surface area is 146 Å². The van der Waals surface area contributed by atoms with Crippen molar-refractivity contribution in [3.05, 3.63) is 89.5 Å². The van der Waals surface area contributed by atoms with Crippen molar-refractivity contribution in [1.29, 1.82) is 0 Å². The SMILES string of the molecule is Cc1ccccc1P(=[Se])(c1ccccc1C)c1ccccc1C. The van der Waals surface area contributed by atoms with Gasteiger partial charge in [0, 0.05) is 0 Å². The minimum atomic E-state index is -1.76. The molecular formula is C21H21PSe. The van der Waals surface area contributed by atoms with Crippen molar-refractivity contribution in [3.63, 3.8) is 0 Å². The fraction of sp³-hybridized carbons (Fsp3) is 0.143. The molecule has 0 spiro atoms. The van der Waals surface area contributed by atoms with Crippen LogP contribution in [0.5, 0.6) is 0 Å². The van der Waals surface area contributed by atoms with Crippen LogP contribution in [-0.4, -0.2) is 15.1 Å². The zero-order chi connectivity index (χ0) is 16.4. The summed E-state index contributed by atoms with van der Waals surface area (Å²) in [6.45, 7) is 6.66. The van der Waals surface area contributed by atoms with E-state index in [1.807, 2.05) is 0 Å². The minimum absolute atomic E-state index is 1.35. The van der Waals surface area contributed by atoms with E-state index in [0.717, 1.165) is 0 Å². The summed E-state index contributed by atoms with van der Waals surface area (Å²) in [6, 6.07) is 26.4. The molecule has 3 aromatic carbocycles. The second kappa shape index (κ2) is 6.62. The van der Waals surface area contributed by atoms with Gasteiger partial charge in [0.25, 0.3) is 0 Å². The molecular weight excluding hydrogens is 362 g/mol. The van der Waals surface area contributed by atoms with Crippen molar-refractivity contribution < 1.29 is 0 Å². The molecule has 0 aliphatic heterocycles. The van der Waals surface area contributed by atoms with Gasteiger partial charge in [0.05, 0.1) is 0 Å². The van der Waals surface area contributed by atoms with Crippen molar-refractivity contribution in [1.82, 2.24) is 0 Å². The summed E-state index contributed by atoms with van der Waals surface area (Å²) < 4.78 is 0. The fourth-order valence-corrected chi connectivity index (χ4v) is 10.4. The second-order valence-electron chi connectivity index (χ2n) is 5.97. The van der Waals surface area contributed by atoms with Crippen molar-refractivity contribution >= 4 is 36.5 Å². The molecule has 0 unspecified atom stereocenters. The van der Waals surface area contributed by atoms with Gasteiger partial charge in [0.15, 0.2) is 0 Å². The summed E-state index contributed by atoms with van der Waals surface area (Å²) in [5.41, 5.74) is 2.29. The van der Waals surface area contributed by atoms with Crippen LogP contribution in [0.1, 0.15) is 16.7 Å². The quantitative estimate of drug-likeness (QED) is 0.474. The van der Waals surface area contributed by atoms with E-state index in [4.69, 9.17) is 0 Å². The Bertz CT molecular complexity index is 778. The van der Waals surface area contributed by atoms with E-state index in [9.17, 15) is 0 Å². The van der Waals surface area contributed by atoms with Gasteiger partial charge in [-0.1, -0.05) is 0 Å². The van der Waals surface area contributed by atoms with E-state index >= 15 is 0 Å². The molecule has 0 aromatic heterocycles. The number of benzene rings is 3. The maximum atomic E-state index is 3.67. The summed E-state index contributed by atoms with van der Waals surface area (Å²) >= 11 is 3.67. The van der Waals surface area contributed by atoms with Crippen LogP contribution in [0.4, 0.5) is 0 Å². The van der Waals surface area contributed by atoms with Crippen LogP contribution in [0.15, 0.2) is 72.8 Å². The third-order valence-corrected chi connectivity index (χ3v) is 11.6. The van der Waals surface area contributed by atoms with Gasteiger partial charge in [0.1, 0.15) is 0 Å². The molecule has 23 heavy (non-hydrogen) atoms. The topological polar surface area (TPSA) is 0 Å². The summed E-state index contributed by atoms with van der Waals surface area (Å²) in [7, 11) is 0. The maximum absolute atomic E-state index is 3.67. The van der Waals surface area contributed by atoms with Gasteiger partial charge in [0.2, 0.25) is 0 Å². The van der Waals surface area contributed by atoms with Crippen molar-refractivity contribution in [3.8, 4) is 0 Å².